The fourth-order valence-corrected chi connectivity index (χ4v) is 3.03. The molecule has 2 N–H and O–H groups in total. The molecule has 0 amide bonds. The monoisotopic (exact) mass is 316 g/mol. The maximum atomic E-state index is 10.00. The van der Waals surface area contributed by atoms with Crippen LogP contribution in [-0.4, -0.2) is 31.0 Å². The van der Waals surface area contributed by atoms with E-state index in [4.69, 9.17) is 14.2 Å². The normalized spacial score (nSPS) is 16.3. The summed E-state index contributed by atoms with van der Waals surface area (Å²) in [6, 6.07) is 8.79. The first-order chi connectivity index (χ1) is 11.1. The van der Waals surface area contributed by atoms with Crippen molar-refractivity contribution in [2.24, 2.45) is 5.92 Å². The van der Waals surface area contributed by atoms with E-state index >= 15 is 0 Å². The van der Waals surface area contributed by atoms with Crippen molar-refractivity contribution in [1.29, 1.82) is 0 Å². The van der Waals surface area contributed by atoms with Gasteiger partial charge in [0.25, 0.3) is 0 Å². The lowest BCUT2D eigenvalue weighted by molar-refractivity contribution is 0.214. The van der Waals surface area contributed by atoms with E-state index in [0.29, 0.717) is 23.9 Å². The number of phenolic OH excluding ortho intramolecular Hbond substituents is 2. The predicted octanol–water partition coefficient (Wildman–Crippen LogP) is 2.91. The van der Waals surface area contributed by atoms with Gasteiger partial charge in [0.1, 0.15) is 11.5 Å². The summed E-state index contributed by atoms with van der Waals surface area (Å²) < 4.78 is 16.5. The lowest BCUT2D eigenvalue weighted by Crippen LogP contribution is -2.23. The summed E-state index contributed by atoms with van der Waals surface area (Å²) >= 11 is 0. The van der Waals surface area contributed by atoms with Crippen molar-refractivity contribution in [2.75, 3.05) is 20.8 Å². The molecule has 0 spiro atoms. The van der Waals surface area contributed by atoms with Gasteiger partial charge in [0.05, 0.1) is 20.8 Å². The fraction of sp³-hybridized carbons (Fsp3) is 0.333. The number of ether oxygens (including phenoxy) is 3. The van der Waals surface area contributed by atoms with E-state index in [1.165, 1.54) is 7.11 Å². The summed E-state index contributed by atoms with van der Waals surface area (Å²) in [5.74, 6) is 2.07. The Labute approximate surface area is 135 Å². The van der Waals surface area contributed by atoms with Crippen molar-refractivity contribution >= 4 is 0 Å². The minimum absolute atomic E-state index is 0.0140. The molecule has 5 heteroatoms. The second-order valence-corrected chi connectivity index (χ2v) is 5.69. The molecule has 0 saturated heterocycles. The zero-order valence-electron chi connectivity index (χ0n) is 13.2. The summed E-state index contributed by atoms with van der Waals surface area (Å²) in [6.45, 7) is 0.572. The Hall–Kier alpha value is -2.56. The van der Waals surface area contributed by atoms with Gasteiger partial charge in [-0.1, -0.05) is 12.1 Å². The Morgan fingerprint density at radius 1 is 1.09 bits per heavy atom. The second kappa shape index (κ2) is 6.28. The summed E-state index contributed by atoms with van der Waals surface area (Å²) in [5, 5.41) is 19.4. The minimum atomic E-state index is 0.0140. The molecule has 5 nitrogen and oxygen atoms in total. The largest absolute Gasteiger partial charge is 0.508 e. The van der Waals surface area contributed by atoms with Gasteiger partial charge < -0.3 is 24.4 Å². The highest BCUT2D eigenvalue weighted by Gasteiger charge is 2.27. The lowest BCUT2D eigenvalue weighted by atomic mass is 9.90. The molecule has 0 saturated carbocycles. The third-order valence-electron chi connectivity index (χ3n) is 4.11. The highest BCUT2D eigenvalue weighted by atomic mass is 16.5. The van der Waals surface area contributed by atoms with Crippen molar-refractivity contribution < 1.29 is 24.4 Å². The Morgan fingerprint density at radius 2 is 1.78 bits per heavy atom. The molecule has 0 unspecified atom stereocenters. The van der Waals surface area contributed by atoms with E-state index in [-0.39, 0.29) is 17.4 Å². The SMILES string of the molecule is COc1c(O)cc2c(c1OC)C[C@H](Cc1ccc(O)cc1)CO2. The van der Waals surface area contributed by atoms with E-state index in [1.807, 2.05) is 12.1 Å². The quantitative estimate of drug-likeness (QED) is 0.908. The molecule has 0 aromatic heterocycles. The zero-order chi connectivity index (χ0) is 16.4. The van der Waals surface area contributed by atoms with E-state index in [2.05, 4.69) is 0 Å². The first kappa shape index (κ1) is 15.3. The highest BCUT2D eigenvalue weighted by Crippen LogP contribution is 2.47. The van der Waals surface area contributed by atoms with Gasteiger partial charge in [0.15, 0.2) is 11.5 Å². The topological polar surface area (TPSA) is 68.2 Å². The van der Waals surface area contributed by atoms with Crippen LogP contribution in [0.3, 0.4) is 0 Å². The molecule has 2 aromatic rings. The first-order valence-electron chi connectivity index (χ1n) is 7.50. The van der Waals surface area contributed by atoms with Crippen LogP contribution in [0.4, 0.5) is 0 Å². The van der Waals surface area contributed by atoms with Crippen LogP contribution in [0.15, 0.2) is 30.3 Å². The molecule has 2 aromatic carbocycles. The Bertz CT molecular complexity index is 694. The van der Waals surface area contributed by atoms with Crippen molar-refractivity contribution in [3.63, 3.8) is 0 Å². The Morgan fingerprint density at radius 3 is 2.43 bits per heavy atom. The van der Waals surface area contributed by atoms with E-state index in [9.17, 15) is 10.2 Å². The highest BCUT2D eigenvalue weighted by molar-refractivity contribution is 5.61. The summed E-state index contributed by atoms with van der Waals surface area (Å²) in [6.07, 6.45) is 1.61. The van der Waals surface area contributed by atoms with Gasteiger partial charge >= 0.3 is 0 Å². The molecular weight excluding hydrogens is 296 g/mol. The molecule has 122 valence electrons. The van der Waals surface area contributed by atoms with Crippen LogP contribution in [0.25, 0.3) is 0 Å². The van der Waals surface area contributed by atoms with Crippen LogP contribution in [0.2, 0.25) is 0 Å². The summed E-state index contributed by atoms with van der Waals surface area (Å²) in [5.41, 5.74) is 2.06. The standard InChI is InChI=1S/C18H20O5/c1-21-17-14-8-12(7-11-3-5-13(19)6-4-11)10-23-16(14)9-15(20)18(17)22-2/h3-6,9,12,19-20H,7-8,10H2,1-2H3/t12-/m0/s1. The van der Waals surface area contributed by atoms with Crippen LogP contribution >= 0.6 is 0 Å². The van der Waals surface area contributed by atoms with E-state index in [1.54, 1.807) is 25.3 Å². The van der Waals surface area contributed by atoms with Gasteiger partial charge in [-0.2, -0.15) is 0 Å². The molecule has 1 aliphatic rings. The number of hydrogen-bond donors (Lipinski definition) is 2. The van der Waals surface area contributed by atoms with Crippen LogP contribution in [0.1, 0.15) is 11.1 Å². The van der Waals surface area contributed by atoms with Gasteiger partial charge in [0.2, 0.25) is 5.75 Å². The smallest absolute Gasteiger partial charge is 0.203 e. The third-order valence-corrected chi connectivity index (χ3v) is 4.11. The average Bonchev–Trinajstić information content (AvgIpc) is 2.56. The van der Waals surface area contributed by atoms with E-state index < -0.39 is 0 Å². The fourth-order valence-electron chi connectivity index (χ4n) is 3.03. The molecule has 1 heterocycles. The van der Waals surface area contributed by atoms with E-state index in [0.717, 1.165) is 24.0 Å². The van der Waals surface area contributed by atoms with Crippen LogP contribution in [0.5, 0.6) is 28.7 Å². The molecule has 1 aliphatic heterocycles. The number of methoxy groups -OCH3 is 2. The van der Waals surface area contributed by atoms with Crippen molar-refractivity contribution in [1.82, 2.24) is 0 Å². The maximum Gasteiger partial charge on any atom is 0.203 e. The number of rotatable bonds is 4. The lowest BCUT2D eigenvalue weighted by Gasteiger charge is -2.28. The van der Waals surface area contributed by atoms with Gasteiger partial charge in [-0.25, -0.2) is 0 Å². The number of hydrogen-bond acceptors (Lipinski definition) is 5. The number of benzene rings is 2. The Kier molecular flexibility index (Phi) is 4.19. The van der Waals surface area contributed by atoms with Gasteiger partial charge in [0, 0.05) is 17.5 Å². The molecule has 0 fully saturated rings. The first-order valence-corrected chi connectivity index (χ1v) is 7.50. The number of aromatic hydroxyl groups is 2. The minimum Gasteiger partial charge on any atom is -0.508 e. The number of fused-ring (bicyclic) bond motifs is 1. The van der Waals surface area contributed by atoms with Crippen LogP contribution in [-0.2, 0) is 12.8 Å². The van der Waals surface area contributed by atoms with Gasteiger partial charge in [-0.15, -0.1) is 0 Å². The molecule has 3 rings (SSSR count). The zero-order valence-corrected chi connectivity index (χ0v) is 13.2. The molecule has 0 aliphatic carbocycles. The molecule has 23 heavy (non-hydrogen) atoms. The second-order valence-electron chi connectivity index (χ2n) is 5.69. The van der Waals surface area contributed by atoms with Gasteiger partial charge in [-0.3, -0.25) is 0 Å². The predicted molar refractivity (Wildman–Crippen MR) is 85.7 cm³/mol. The molecule has 1 atom stereocenters. The molecular formula is C18H20O5. The van der Waals surface area contributed by atoms with Crippen molar-refractivity contribution in [3.05, 3.63) is 41.5 Å². The average molecular weight is 316 g/mol. The third kappa shape index (κ3) is 2.99. The van der Waals surface area contributed by atoms with Crippen molar-refractivity contribution in [2.45, 2.75) is 12.8 Å². The maximum absolute atomic E-state index is 10.00. The molecule has 0 radical (unpaired) electrons. The van der Waals surface area contributed by atoms with Crippen LogP contribution < -0.4 is 14.2 Å². The van der Waals surface area contributed by atoms with Crippen LogP contribution in [0, 0.1) is 5.92 Å². The number of phenols is 2. The van der Waals surface area contributed by atoms with Crippen molar-refractivity contribution in [3.8, 4) is 28.7 Å². The summed E-state index contributed by atoms with van der Waals surface area (Å²) in [4.78, 5) is 0. The molecule has 0 bridgehead atoms. The summed E-state index contributed by atoms with van der Waals surface area (Å²) in [7, 11) is 3.06. The van der Waals surface area contributed by atoms with Gasteiger partial charge in [-0.05, 0) is 30.5 Å². The Balaban J connectivity index is 1.86.